The van der Waals surface area contributed by atoms with Crippen LogP contribution in [0, 0.1) is 11.3 Å². The minimum absolute atomic E-state index is 0.00525. The van der Waals surface area contributed by atoms with Crippen molar-refractivity contribution in [3.63, 3.8) is 0 Å². The summed E-state index contributed by atoms with van der Waals surface area (Å²) >= 11 is 0. The third kappa shape index (κ3) is 6.00. The summed E-state index contributed by atoms with van der Waals surface area (Å²) in [5.41, 5.74) is 4.12. The summed E-state index contributed by atoms with van der Waals surface area (Å²) in [5.74, 6) is -1.39. The SMILES string of the molecule is CC(C)(CNC(=O)[C@@H]1CO[C@H](CNC(=O)OCC2c3ccccc3-c3ccccc32)C1)CC(=O)O. The average Bonchev–Trinajstić information content (AvgIpc) is 3.42. The predicted octanol–water partition coefficient (Wildman–Crippen LogP) is 3.55. The van der Waals surface area contributed by atoms with Crippen molar-refractivity contribution >= 4 is 18.0 Å². The highest BCUT2D eigenvalue weighted by Gasteiger charge is 2.33. The Kier molecular flexibility index (Phi) is 7.40. The Hall–Kier alpha value is -3.39. The lowest BCUT2D eigenvalue weighted by Gasteiger charge is -2.23. The van der Waals surface area contributed by atoms with Gasteiger partial charge in [0.15, 0.2) is 0 Å². The molecule has 3 N–H and O–H groups in total. The fraction of sp³-hybridized carbons (Fsp3) is 0.444. The first-order valence-electron chi connectivity index (χ1n) is 11.9. The van der Waals surface area contributed by atoms with Crippen LogP contribution in [0.3, 0.4) is 0 Å². The smallest absolute Gasteiger partial charge is 0.407 e. The third-order valence-corrected chi connectivity index (χ3v) is 6.64. The Labute approximate surface area is 205 Å². The van der Waals surface area contributed by atoms with Gasteiger partial charge >= 0.3 is 12.1 Å². The van der Waals surface area contributed by atoms with Crippen LogP contribution in [0.15, 0.2) is 48.5 Å². The molecule has 1 aliphatic carbocycles. The average molecular weight is 481 g/mol. The lowest BCUT2D eigenvalue weighted by molar-refractivity contribution is -0.139. The molecule has 0 bridgehead atoms. The van der Waals surface area contributed by atoms with E-state index in [4.69, 9.17) is 14.6 Å². The van der Waals surface area contributed by atoms with Gasteiger partial charge in [0.2, 0.25) is 5.91 Å². The minimum Gasteiger partial charge on any atom is -0.481 e. The Morgan fingerprint density at radius 1 is 1.03 bits per heavy atom. The van der Waals surface area contributed by atoms with Crippen molar-refractivity contribution in [3.8, 4) is 11.1 Å². The summed E-state index contributed by atoms with van der Waals surface area (Å²) in [6.45, 7) is 4.63. The molecule has 0 spiro atoms. The lowest BCUT2D eigenvalue weighted by atomic mass is 9.89. The Balaban J connectivity index is 1.21. The van der Waals surface area contributed by atoms with Crippen molar-refractivity contribution in [2.24, 2.45) is 11.3 Å². The molecule has 1 aliphatic heterocycles. The van der Waals surface area contributed by atoms with Gasteiger partial charge in [-0.05, 0) is 34.1 Å². The Morgan fingerprint density at radius 3 is 2.29 bits per heavy atom. The van der Waals surface area contributed by atoms with Crippen LogP contribution < -0.4 is 10.6 Å². The summed E-state index contributed by atoms with van der Waals surface area (Å²) in [7, 11) is 0. The number of fused-ring (bicyclic) bond motifs is 3. The van der Waals surface area contributed by atoms with Crippen LogP contribution in [0.4, 0.5) is 4.79 Å². The van der Waals surface area contributed by atoms with Gasteiger partial charge in [-0.15, -0.1) is 0 Å². The molecule has 8 nitrogen and oxygen atoms in total. The number of carboxylic acids is 1. The van der Waals surface area contributed by atoms with Gasteiger partial charge in [-0.25, -0.2) is 4.79 Å². The van der Waals surface area contributed by atoms with E-state index < -0.39 is 17.5 Å². The molecule has 0 aromatic heterocycles. The molecule has 2 aromatic carbocycles. The molecule has 2 aliphatic rings. The highest BCUT2D eigenvalue weighted by molar-refractivity contribution is 5.80. The van der Waals surface area contributed by atoms with E-state index in [9.17, 15) is 14.4 Å². The van der Waals surface area contributed by atoms with Gasteiger partial charge < -0.3 is 25.2 Å². The number of nitrogens with one attached hydrogen (secondary N) is 2. The van der Waals surface area contributed by atoms with Crippen LogP contribution in [0.5, 0.6) is 0 Å². The van der Waals surface area contributed by atoms with Gasteiger partial charge in [-0.1, -0.05) is 62.4 Å². The molecule has 2 aromatic rings. The van der Waals surface area contributed by atoms with Crippen LogP contribution in [0.2, 0.25) is 0 Å². The number of carbonyl (C=O) groups excluding carboxylic acids is 2. The van der Waals surface area contributed by atoms with Crippen LogP contribution in [-0.4, -0.2) is 55.5 Å². The molecule has 8 heteroatoms. The predicted molar refractivity (Wildman–Crippen MR) is 130 cm³/mol. The number of carbonyl (C=O) groups is 3. The number of amides is 2. The summed E-state index contributed by atoms with van der Waals surface area (Å²) in [4.78, 5) is 35.8. The third-order valence-electron chi connectivity index (χ3n) is 6.64. The molecular formula is C27H32N2O6. The Bertz CT molecular complexity index is 1050. The van der Waals surface area contributed by atoms with Crippen molar-refractivity contribution in [1.29, 1.82) is 0 Å². The zero-order valence-corrected chi connectivity index (χ0v) is 20.1. The molecule has 0 unspecified atom stereocenters. The van der Waals surface area contributed by atoms with Crippen molar-refractivity contribution in [2.75, 3.05) is 26.3 Å². The maximum atomic E-state index is 12.5. The van der Waals surface area contributed by atoms with Crippen LogP contribution in [-0.2, 0) is 19.1 Å². The van der Waals surface area contributed by atoms with Crippen molar-refractivity contribution < 1.29 is 29.0 Å². The van der Waals surface area contributed by atoms with Crippen molar-refractivity contribution in [1.82, 2.24) is 10.6 Å². The molecular weight excluding hydrogens is 448 g/mol. The van der Waals surface area contributed by atoms with E-state index in [1.807, 2.05) is 24.3 Å². The van der Waals surface area contributed by atoms with Gasteiger partial charge in [0.25, 0.3) is 0 Å². The zero-order chi connectivity index (χ0) is 25.0. The number of hydrogen-bond donors (Lipinski definition) is 3. The number of carboxylic acid groups (broad SMARTS) is 1. The summed E-state index contributed by atoms with van der Waals surface area (Å²) in [5, 5.41) is 14.6. The highest BCUT2D eigenvalue weighted by atomic mass is 16.5. The van der Waals surface area contributed by atoms with E-state index in [-0.39, 0.29) is 56.6 Å². The first-order chi connectivity index (χ1) is 16.7. The second-order valence-electron chi connectivity index (χ2n) is 10.0. The summed E-state index contributed by atoms with van der Waals surface area (Å²) in [6, 6.07) is 16.3. The second-order valence-corrected chi connectivity index (χ2v) is 10.0. The van der Waals surface area contributed by atoms with E-state index in [2.05, 4.69) is 34.9 Å². The van der Waals surface area contributed by atoms with E-state index >= 15 is 0 Å². The van der Waals surface area contributed by atoms with Crippen LogP contribution in [0.1, 0.15) is 43.7 Å². The summed E-state index contributed by atoms with van der Waals surface area (Å²) in [6.07, 6.45) is -0.340. The normalized spacial score (nSPS) is 19.0. The molecule has 186 valence electrons. The number of alkyl carbamates (subject to hydrolysis) is 1. The highest BCUT2D eigenvalue weighted by Crippen LogP contribution is 2.44. The van der Waals surface area contributed by atoms with Gasteiger partial charge in [0.1, 0.15) is 6.61 Å². The standard InChI is InChI=1S/C27H32N2O6/c1-27(2,12-24(30)31)16-29-25(32)17-11-18(34-14-17)13-28-26(33)35-15-23-21-9-5-3-7-19(21)20-8-4-6-10-22(20)23/h3-10,17-18,23H,11-16H2,1-2H3,(H,28,33)(H,29,32)(H,30,31)/t17-,18-/m0/s1. The van der Waals surface area contributed by atoms with Crippen LogP contribution >= 0.6 is 0 Å². The zero-order valence-electron chi connectivity index (χ0n) is 20.1. The van der Waals surface area contributed by atoms with Gasteiger partial charge in [-0.3, -0.25) is 9.59 Å². The van der Waals surface area contributed by atoms with Crippen molar-refractivity contribution in [2.45, 2.75) is 38.7 Å². The molecule has 4 rings (SSSR count). The second kappa shape index (κ2) is 10.5. The molecule has 2 atom stereocenters. The van der Waals surface area contributed by atoms with Gasteiger partial charge in [0, 0.05) is 19.0 Å². The lowest BCUT2D eigenvalue weighted by Crippen LogP contribution is -2.39. The molecule has 2 amide bonds. The van der Waals surface area contributed by atoms with E-state index in [0.29, 0.717) is 6.42 Å². The fourth-order valence-electron chi connectivity index (χ4n) is 4.82. The molecule has 1 fully saturated rings. The maximum absolute atomic E-state index is 12.5. The van der Waals surface area contributed by atoms with Crippen LogP contribution in [0.25, 0.3) is 11.1 Å². The maximum Gasteiger partial charge on any atom is 0.407 e. The number of aliphatic carboxylic acids is 1. The molecule has 35 heavy (non-hydrogen) atoms. The molecule has 0 saturated carbocycles. The molecule has 1 saturated heterocycles. The number of hydrogen-bond acceptors (Lipinski definition) is 5. The first-order valence-corrected chi connectivity index (χ1v) is 11.9. The number of benzene rings is 2. The fourth-order valence-corrected chi connectivity index (χ4v) is 4.82. The largest absolute Gasteiger partial charge is 0.481 e. The minimum atomic E-state index is -0.896. The summed E-state index contributed by atoms with van der Waals surface area (Å²) < 4.78 is 11.2. The first kappa shape index (κ1) is 24.7. The van der Waals surface area contributed by atoms with Gasteiger partial charge in [-0.2, -0.15) is 0 Å². The molecule has 0 radical (unpaired) electrons. The van der Waals surface area contributed by atoms with Gasteiger partial charge in [0.05, 0.1) is 25.0 Å². The Morgan fingerprint density at radius 2 is 1.66 bits per heavy atom. The quantitative estimate of drug-likeness (QED) is 0.506. The van der Waals surface area contributed by atoms with E-state index in [1.54, 1.807) is 13.8 Å². The number of ether oxygens (including phenoxy) is 2. The topological polar surface area (TPSA) is 114 Å². The number of rotatable bonds is 9. The molecule has 1 heterocycles. The van der Waals surface area contributed by atoms with Crippen molar-refractivity contribution in [3.05, 3.63) is 59.7 Å². The monoisotopic (exact) mass is 480 g/mol. The van der Waals surface area contributed by atoms with E-state index in [0.717, 1.165) is 11.1 Å². The van der Waals surface area contributed by atoms with E-state index in [1.165, 1.54) is 11.1 Å².